The van der Waals surface area contributed by atoms with Crippen LogP contribution in [-0.4, -0.2) is 68.0 Å². The Morgan fingerprint density at radius 2 is 1.30 bits per heavy atom. The Kier molecular flexibility index (Phi) is 9.67. The molecule has 3 N–H and O–H groups in total. The van der Waals surface area contributed by atoms with Crippen LogP contribution >= 0.6 is 23.2 Å². The van der Waals surface area contributed by atoms with E-state index in [2.05, 4.69) is 30.6 Å². The molecule has 0 aliphatic heterocycles. The third-order valence-corrected chi connectivity index (χ3v) is 3.68. The van der Waals surface area contributed by atoms with Crippen molar-refractivity contribution in [3.8, 4) is 0 Å². The van der Waals surface area contributed by atoms with E-state index in [1.165, 1.54) is 17.3 Å². The second-order valence-corrected chi connectivity index (χ2v) is 7.61. The lowest BCUT2D eigenvalue weighted by Crippen LogP contribution is -2.23. The van der Waals surface area contributed by atoms with E-state index < -0.39 is 5.97 Å². The van der Waals surface area contributed by atoms with Gasteiger partial charge in [0.15, 0.2) is 27.6 Å². The Bertz CT molecular complexity index is 892. The van der Waals surface area contributed by atoms with Crippen molar-refractivity contribution in [2.45, 2.75) is 39.8 Å². The zero-order chi connectivity index (χ0) is 23.0. The normalized spacial score (nSPS) is 10.3. The average molecular weight is 458 g/mol. The van der Waals surface area contributed by atoms with Crippen molar-refractivity contribution in [2.75, 3.05) is 24.7 Å². The van der Waals surface area contributed by atoms with Gasteiger partial charge in [-0.25, -0.2) is 24.7 Å². The third kappa shape index (κ3) is 7.96. The van der Waals surface area contributed by atoms with Gasteiger partial charge in [0.25, 0.3) is 5.91 Å². The number of carbonyl (C=O) groups excluding carboxylic acids is 1. The number of hydrogen-bond donors (Lipinski definition) is 3. The quantitative estimate of drug-likeness (QED) is 0.596. The van der Waals surface area contributed by atoms with Gasteiger partial charge in [0.2, 0.25) is 0 Å². The van der Waals surface area contributed by atoms with Gasteiger partial charge in [0.1, 0.15) is 5.69 Å². The Labute approximate surface area is 185 Å². The van der Waals surface area contributed by atoms with Crippen LogP contribution in [0.2, 0.25) is 10.3 Å². The molecule has 0 bridgehead atoms. The van der Waals surface area contributed by atoms with E-state index in [4.69, 9.17) is 28.3 Å². The molecule has 2 aromatic rings. The van der Waals surface area contributed by atoms with Crippen molar-refractivity contribution in [3.63, 3.8) is 0 Å². The molecule has 12 heteroatoms. The summed E-state index contributed by atoms with van der Waals surface area (Å²) in [6, 6.07) is 0.375. The first-order valence-corrected chi connectivity index (χ1v) is 9.71. The first kappa shape index (κ1) is 25.3. The molecule has 2 rings (SSSR count). The average Bonchev–Trinajstić information content (AvgIpc) is 2.64. The Morgan fingerprint density at radius 1 is 0.900 bits per heavy atom. The van der Waals surface area contributed by atoms with Crippen molar-refractivity contribution in [1.82, 2.24) is 24.8 Å². The molecule has 10 nitrogen and oxygen atoms in total. The summed E-state index contributed by atoms with van der Waals surface area (Å²) in [6.07, 6.45) is 2.58. The van der Waals surface area contributed by atoms with Crippen molar-refractivity contribution in [2.24, 2.45) is 0 Å². The molecule has 2 aromatic heterocycles. The fourth-order valence-corrected chi connectivity index (χ4v) is 2.30. The number of rotatable bonds is 6. The van der Waals surface area contributed by atoms with Crippen LogP contribution in [0.1, 0.15) is 48.7 Å². The number of carboxylic acid groups (broad SMARTS) is 1. The van der Waals surface area contributed by atoms with E-state index >= 15 is 0 Å². The second kappa shape index (κ2) is 11.5. The number of aromatic nitrogens is 4. The van der Waals surface area contributed by atoms with Crippen molar-refractivity contribution >= 4 is 46.7 Å². The number of aromatic carboxylic acids is 1. The first-order valence-electron chi connectivity index (χ1n) is 8.95. The molecule has 0 aromatic carbocycles. The summed E-state index contributed by atoms with van der Waals surface area (Å²) in [6.45, 7) is 7.78. The van der Waals surface area contributed by atoms with Gasteiger partial charge in [0.05, 0.1) is 12.4 Å². The zero-order valence-electron chi connectivity index (χ0n) is 17.6. The number of hydrogen-bond acceptors (Lipinski definition) is 8. The number of anilines is 2. The molecule has 0 radical (unpaired) electrons. The number of amides is 1. The Hall–Kier alpha value is -2.72. The largest absolute Gasteiger partial charge is 0.476 e. The van der Waals surface area contributed by atoms with E-state index in [0.717, 1.165) is 0 Å². The van der Waals surface area contributed by atoms with Crippen molar-refractivity contribution < 1.29 is 14.7 Å². The van der Waals surface area contributed by atoms with Gasteiger partial charge in [-0.1, -0.05) is 23.2 Å². The molecule has 0 atom stereocenters. The zero-order valence-corrected chi connectivity index (χ0v) is 19.1. The molecule has 0 aliphatic carbocycles. The Balaban J connectivity index is 0.000000303. The van der Waals surface area contributed by atoms with Crippen LogP contribution in [0.15, 0.2) is 12.4 Å². The number of halogens is 2. The Morgan fingerprint density at radius 3 is 1.63 bits per heavy atom. The molecule has 0 unspecified atom stereocenters. The number of carboxylic acids is 1. The number of carbonyl (C=O) groups is 2. The molecule has 30 heavy (non-hydrogen) atoms. The molecule has 0 fully saturated rings. The van der Waals surface area contributed by atoms with Gasteiger partial charge in [-0.2, -0.15) is 0 Å². The summed E-state index contributed by atoms with van der Waals surface area (Å²) in [4.78, 5) is 39.1. The van der Waals surface area contributed by atoms with Crippen LogP contribution in [-0.2, 0) is 0 Å². The van der Waals surface area contributed by atoms with E-state index in [1.807, 2.05) is 27.7 Å². The lowest BCUT2D eigenvalue weighted by Gasteiger charge is -2.12. The summed E-state index contributed by atoms with van der Waals surface area (Å²) in [7, 11) is 3.30. The van der Waals surface area contributed by atoms with Gasteiger partial charge in [-0.3, -0.25) is 4.79 Å². The molecule has 164 valence electrons. The SMILES string of the molecule is CC(C)Nc1ncc(C(=O)N(C)C)nc1Cl.CC(C)Nc1ncc(C(=O)O)nc1Cl. The molecular weight excluding hydrogens is 433 g/mol. The van der Waals surface area contributed by atoms with Crippen molar-refractivity contribution in [3.05, 3.63) is 34.1 Å². The van der Waals surface area contributed by atoms with Gasteiger partial charge < -0.3 is 20.6 Å². The van der Waals surface area contributed by atoms with Crippen LogP contribution in [0.5, 0.6) is 0 Å². The maximum atomic E-state index is 11.6. The van der Waals surface area contributed by atoms with Crippen LogP contribution in [0.3, 0.4) is 0 Å². The number of nitrogens with zero attached hydrogens (tertiary/aromatic N) is 5. The third-order valence-electron chi connectivity index (χ3n) is 3.16. The maximum absolute atomic E-state index is 11.6. The van der Waals surface area contributed by atoms with Gasteiger partial charge >= 0.3 is 5.97 Å². The van der Waals surface area contributed by atoms with E-state index in [0.29, 0.717) is 11.6 Å². The standard InChI is InChI=1S/C10H15ClN4O.C8H10ClN3O2/c1-6(2)13-9-8(11)14-7(5-12-9)10(16)15(3)4;1-4(2)11-7-6(9)12-5(3-10-7)8(13)14/h5-6H,1-4H3,(H,12,13);3-4H,1-2H3,(H,10,11)(H,13,14). The van der Waals surface area contributed by atoms with Crippen LogP contribution < -0.4 is 10.6 Å². The maximum Gasteiger partial charge on any atom is 0.356 e. The minimum Gasteiger partial charge on any atom is -0.476 e. The molecule has 0 saturated heterocycles. The van der Waals surface area contributed by atoms with E-state index in [-0.39, 0.29) is 39.7 Å². The first-order chi connectivity index (χ1) is 13.9. The summed E-state index contributed by atoms with van der Waals surface area (Å²) in [5.41, 5.74) is 0.0774. The highest BCUT2D eigenvalue weighted by Crippen LogP contribution is 2.18. The predicted octanol–water partition coefficient (Wildman–Crippen LogP) is 3.30. The molecule has 2 heterocycles. The van der Waals surface area contributed by atoms with Crippen molar-refractivity contribution in [1.29, 1.82) is 0 Å². The minimum absolute atomic E-state index is 0.0681. The summed E-state index contributed by atoms with van der Waals surface area (Å²) in [5.74, 6) is -0.473. The molecule has 0 saturated carbocycles. The summed E-state index contributed by atoms with van der Waals surface area (Å²) in [5, 5.41) is 14.9. The molecule has 0 spiro atoms. The predicted molar refractivity (Wildman–Crippen MR) is 117 cm³/mol. The second-order valence-electron chi connectivity index (χ2n) is 6.89. The van der Waals surface area contributed by atoms with Gasteiger partial charge in [0, 0.05) is 26.2 Å². The van der Waals surface area contributed by atoms with Crippen LogP contribution in [0.4, 0.5) is 11.6 Å². The van der Waals surface area contributed by atoms with Gasteiger partial charge in [-0.05, 0) is 27.7 Å². The van der Waals surface area contributed by atoms with Crippen LogP contribution in [0, 0.1) is 0 Å². The number of nitrogens with one attached hydrogen (secondary N) is 2. The van der Waals surface area contributed by atoms with E-state index in [9.17, 15) is 9.59 Å². The smallest absolute Gasteiger partial charge is 0.356 e. The molecular formula is C18H25Cl2N7O3. The molecule has 0 aliphatic rings. The highest BCUT2D eigenvalue weighted by Gasteiger charge is 2.13. The highest BCUT2D eigenvalue weighted by atomic mass is 35.5. The minimum atomic E-state index is -1.14. The topological polar surface area (TPSA) is 133 Å². The highest BCUT2D eigenvalue weighted by molar-refractivity contribution is 6.32. The van der Waals surface area contributed by atoms with Gasteiger partial charge in [-0.15, -0.1) is 0 Å². The fraction of sp³-hybridized carbons (Fsp3) is 0.444. The summed E-state index contributed by atoms with van der Waals surface area (Å²) >= 11 is 11.6. The monoisotopic (exact) mass is 457 g/mol. The van der Waals surface area contributed by atoms with Crippen LogP contribution in [0.25, 0.3) is 0 Å². The lowest BCUT2D eigenvalue weighted by molar-refractivity contribution is 0.0689. The summed E-state index contributed by atoms with van der Waals surface area (Å²) < 4.78 is 0. The molecule has 1 amide bonds. The lowest BCUT2D eigenvalue weighted by atomic mass is 10.4. The fourth-order valence-electron chi connectivity index (χ4n) is 1.91. The van der Waals surface area contributed by atoms with E-state index in [1.54, 1.807) is 14.1 Å².